The van der Waals surface area contributed by atoms with Crippen LogP contribution in [0.15, 0.2) is 12.4 Å². The van der Waals surface area contributed by atoms with Gasteiger partial charge in [-0.2, -0.15) is 0 Å². The summed E-state index contributed by atoms with van der Waals surface area (Å²) >= 11 is 0. The smallest absolute Gasteiger partial charge is 0.330 e. The summed E-state index contributed by atoms with van der Waals surface area (Å²) in [5.74, 6) is 0.492. The molecule has 158 valence electrons. The van der Waals surface area contributed by atoms with E-state index in [2.05, 4.69) is 15.2 Å². The number of imidazole rings is 1. The van der Waals surface area contributed by atoms with Gasteiger partial charge in [0.15, 0.2) is 6.04 Å². The van der Waals surface area contributed by atoms with Crippen LogP contribution >= 0.6 is 0 Å². The van der Waals surface area contributed by atoms with E-state index < -0.39 is 17.6 Å². The van der Waals surface area contributed by atoms with Crippen molar-refractivity contribution in [1.82, 2.24) is 24.7 Å². The predicted octanol–water partition coefficient (Wildman–Crippen LogP) is 0.994. The normalized spacial score (nSPS) is 17.1. The van der Waals surface area contributed by atoms with Crippen LogP contribution < -0.4 is 5.32 Å². The first-order valence-corrected chi connectivity index (χ1v) is 9.65. The van der Waals surface area contributed by atoms with Gasteiger partial charge >= 0.3 is 12.0 Å². The van der Waals surface area contributed by atoms with E-state index in [9.17, 15) is 9.59 Å². The van der Waals surface area contributed by atoms with Crippen molar-refractivity contribution in [3.05, 3.63) is 18.2 Å². The maximum absolute atomic E-state index is 12.7. The fourth-order valence-corrected chi connectivity index (χ4v) is 2.97. The van der Waals surface area contributed by atoms with Crippen molar-refractivity contribution in [2.75, 3.05) is 39.9 Å². The summed E-state index contributed by atoms with van der Waals surface area (Å²) in [6.45, 7) is 9.38. The maximum atomic E-state index is 12.7. The van der Waals surface area contributed by atoms with Crippen LogP contribution in [0, 0.1) is 0 Å². The number of nitrogens with zero attached hydrogens (tertiary/aromatic N) is 4. The van der Waals surface area contributed by atoms with Crippen LogP contribution in [0.3, 0.4) is 0 Å². The molecule has 0 aromatic carbocycles. The fraction of sp³-hybridized carbons (Fsp3) is 0.737. The highest BCUT2D eigenvalue weighted by Crippen LogP contribution is 2.10. The van der Waals surface area contributed by atoms with E-state index >= 15 is 0 Å². The Morgan fingerprint density at radius 1 is 1.25 bits per heavy atom. The molecule has 1 aromatic heterocycles. The summed E-state index contributed by atoms with van der Waals surface area (Å²) in [7, 11) is 3.28. The lowest BCUT2D eigenvalue weighted by Crippen LogP contribution is -2.51. The number of methoxy groups -OCH3 is 1. The molecule has 1 N–H and O–H groups in total. The predicted molar refractivity (Wildman–Crippen MR) is 105 cm³/mol. The first-order chi connectivity index (χ1) is 13.2. The summed E-state index contributed by atoms with van der Waals surface area (Å²) in [6, 6.07) is -1.10. The Morgan fingerprint density at radius 2 is 2.00 bits per heavy atom. The van der Waals surface area contributed by atoms with Crippen LogP contribution in [0.4, 0.5) is 4.79 Å². The Morgan fingerprint density at radius 3 is 2.61 bits per heavy atom. The molecule has 1 fully saturated rings. The van der Waals surface area contributed by atoms with Gasteiger partial charge in [-0.1, -0.05) is 0 Å². The van der Waals surface area contributed by atoms with Crippen LogP contribution in [0.1, 0.15) is 33.0 Å². The lowest BCUT2D eigenvalue weighted by atomic mass is 10.2. The number of rotatable bonds is 6. The van der Waals surface area contributed by atoms with Crippen LogP contribution in [-0.2, 0) is 27.9 Å². The van der Waals surface area contributed by atoms with E-state index in [1.807, 2.05) is 38.6 Å². The highest BCUT2D eigenvalue weighted by Gasteiger charge is 2.27. The number of aromatic nitrogens is 2. The summed E-state index contributed by atoms with van der Waals surface area (Å²) in [6.07, 6.45) is 4.58. The second kappa shape index (κ2) is 9.88. The molecule has 1 aliphatic rings. The number of carbonyl (C=O) groups excluding carboxylic acids is 2. The van der Waals surface area contributed by atoms with Crippen LogP contribution in [0.5, 0.6) is 0 Å². The highest BCUT2D eigenvalue weighted by atomic mass is 16.5. The lowest BCUT2D eigenvalue weighted by Gasteiger charge is -2.27. The second-order valence-electron chi connectivity index (χ2n) is 8.02. The Balaban J connectivity index is 1.89. The summed E-state index contributed by atoms with van der Waals surface area (Å²) in [5.41, 5.74) is -0.412. The van der Waals surface area contributed by atoms with Gasteiger partial charge in [-0.25, -0.2) is 14.6 Å². The molecule has 2 heterocycles. The van der Waals surface area contributed by atoms with Crippen LogP contribution in [0.25, 0.3) is 0 Å². The number of carbonyl (C=O) groups is 2. The zero-order valence-electron chi connectivity index (χ0n) is 17.6. The molecule has 1 saturated heterocycles. The molecule has 9 heteroatoms. The van der Waals surface area contributed by atoms with Gasteiger partial charge < -0.3 is 24.3 Å². The van der Waals surface area contributed by atoms with E-state index in [1.165, 1.54) is 7.11 Å². The van der Waals surface area contributed by atoms with E-state index in [-0.39, 0.29) is 12.6 Å². The number of amides is 2. The van der Waals surface area contributed by atoms with Crippen molar-refractivity contribution in [1.29, 1.82) is 0 Å². The molecular weight excluding hydrogens is 362 g/mol. The Kier molecular flexibility index (Phi) is 7.82. The third kappa shape index (κ3) is 6.79. The van der Waals surface area contributed by atoms with Gasteiger partial charge in [-0.05, 0) is 27.2 Å². The molecule has 9 nitrogen and oxygen atoms in total. The van der Waals surface area contributed by atoms with Gasteiger partial charge in [0, 0.05) is 45.6 Å². The number of hydrogen-bond acceptors (Lipinski definition) is 6. The molecule has 2 amide bonds. The van der Waals surface area contributed by atoms with Gasteiger partial charge in [-0.15, -0.1) is 0 Å². The van der Waals surface area contributed by atoms with Crippen molar-refractivity contribution < 1.29 is 19.1 Å². The standard InChI is InChI=1S/C19H33N5O4/c1-19(2,3)28-14-15(17(25)27-5)21-18(26)24-9-6-8-23(11-12-24)13-16-20-7-10-22(16)4/h7,10,15H,6,8-9,11-14H2,1-5H3,(H,21,26). The van der Waals surface area contributed by atoms with Crippen molar-refractivity contribution in [2.24, 2.45) is 7.05 Å². The Labute approximate surface area is 167 Å². The summed E-state index contributed by atoms with van der Waals surface area (Å²) < 4.78 is 12.5. The molecule has 1 unspecified atom stereocenters. The third-order valence-corrected chi connectivity index (χ3v) is 4.63. The second-order valence-corrected chi connectivity index (χ2v) is 8.02. The molecule has 0 spiro atoms. The molecule has 0 radical (unpaired) electrons. The number of esters is 1. The molecule has 1 aliphatic heterocycles. The fourth-order valence-electron chi connectivity index (χ4n) is 2.97. The van der Waals surface area contributed by atoms with Gasteiger partial charge in [-0.3, -0.25) is 4.90 Å². The lowest BCUT2D eigenvalue weighted by molar-refractivity contribution is -0.146. The molecule has 1 atom stereocenters. The first-order valence-electron chi connectivity index (χ1n) is 9.65. The number of hydrogen-bond donors (Lipinski definition) is 1. The molecule has 0 aliphatic carbocycles. The van der Waals surface area contributed by atoms with Crippen molar-refractivity contribution in [3.63, 3.8) is 0 Å². The van der Waals surface area contributed by atoms with E-state index in [0.29, 0.717) is 13.1 Å². The Hall–Kier alpha value is -2.13. The van der Waals surface area contributed by atoms with Crippen molar-refractivity contribution in [3.8, 4) is 0 Å². The number of nitrogens with one attached hydrogen (secondary N) is 1. The zero-order valence-corrected chi connectivity index (χ0v) is 17.6. The molecule has 0 bridgehead atoms. The summed E-state index contributed by atoms with van der Waals surface area (Å²) in [4.78, 5) is 33.1. The molecule has 1 aromatic rings. The molecule has 2 rings (SSSR count). The molecule has 0 saturated carbocycles. The molecular formula is C19H33N5O4. The number of urea groups is 1. The number of aryl methyl sites for hydroxylation is 1. The minimum Gasteiger partial charge on any atom is -0.467 e. The molecule has 28 heavy (non-hydrogen) atoms. The average molecular weight is 396 g/mol. The average Bonchev–Trinajstić information content (AvgIpc) is 2.89. The van der Waals surface area contributed by atoms with Gasteiger partial charge in [0.1, 0.15) is 5.82 Å². The van der Waals surface area contributed by atoms with Gasteiger partial charge in [0.05, 0.1) is 25.9 Å². The first kappa shape index (κ1) is 22.2. The van der Waals surface area contributed by atoms with Gasteiger partial charge in [0.2, 0.25) is 0 Å². The quantitative estimate of drug-likeness (QED) is 0.723. The minimum absolute atomic E-state index is 0.0705. The monoisotopic (exact) mass is 395 g/mol. The minimum atomic E-state index is -0.830. The van der Waals surface area contributed by atoms with E-state index in [1.54, 1.807) is 11.1 Å². The highest BCUT2D eigenvalue weighted by molar-refractivity contribution is 5.83. The topological polar surface area (TPSA) is 88.9 Å². The summed E-state index contributed by atoms with van der Waals surface area (Å²) in [5, 5.41) is 2.76. The maximum Gasteiger partial charge on any atom is 0.330 e. The van der Waals surface area contributed by atoms with Crippen molar-refractivity contribution in [2.45, 2.75) is 45.4 Å². The SMILES string of the molecule is COC(=O)C(COC(C)(C)C)NC(=O)N1CCCN(Cc2nccn2C)CC1. The number of ether oxygens (including phenoxy) is 2. The van der Waals surface area contributed by atoms with Crippen LogP contribution in [-0.4, -0.2) is 82.9 Å². The van der Waals surface area contributed by atoms with Crippen molar-refractivity contribution >= 4 is 12.0 Å². The van der Waals surface area contributed by atoms with Crippen LogP contribution in [0.2, 0.25) is 0 Å². The third-order valence-electron chi connectivity index (χ3n) is 4.63. The Bertz CT molecular complexity index is 655. The van der Waals surface area contributed by atoms with E-state index in [4.69, 9.17) is 9.47 Å². The zero-order chi connectivity index (χ0) is 20.7. The van der Waals surface area contributed by atoms with E-state index in [0.717, 1.165) is 31.9 Å². The largest absolute Gasteiger partial charge is 0.467 e. The van der Waals surface area contributed by atoms with Gasteiger partial charge in [0.25, 0.3) is 0 Å².